The number of thiophene rings is 1. The number of aliphatic hydroxyl groups excluding tert-OH is 1. The van der Waals surface area contributed by atoms with Gasteiger partial charge in [0.25, 0.3) is 0 Å². The van der Waals surface area contributed by atoms with Gasteiger partial charge in [0.2, 0.25) is 0 Å². The van der Waals surface area contributed by atoms with E-state index in [1.54, 1.807) is 17.7 Å². The Labute approximate surface area is 114 Å². The van der Waals surface area contributed by atoms with Gasteiger partial charge in [-0.3, -0.25) is 0 Å². The molecule has 3 heterocycles. The zero-order valence-corrected chi connectivity index (χ0v) is 11.6. The molecule has 18 heavy (non-hydrogen) atoms. The van der Waals surface area contributed by atoms with E-state index in [0.29, 0.717) is 6.04 Å². The topological polar surface area (TPSA) is 49.2 Å². The molecule has 0 saturated carbocycles. The van der Waals surface area contributed by atoms with Gasteiger partial charge in [0.15, 0.2) is 0 Å². The molecule has 0 radical (unpaired) electrons. The summed E-state index contributed by atoms with van der Waals surface area (Å²) in [5.74, 6) is 3.22. The largest absolute Gasteiger partial charge is 0.396 e. The molecule has 2 aromatic heterocycles. The van der Waals surface area contributed by atoms with Gasteiger partial charge in [-0.05, 0) is 17.9 Å². The maximum atomic E-state index is 9.19. The van der Waals surface area contributed by atoms with Crippen LogP contribution < -0.4 is 4.90 Å². The van der Waals surface area contributed by atoms with Crippen LogP contribution in [0.2, 0.25) is 0 Å². The molecule has 3 rings (SSSR count). The molecule has 1 atom stereocenters. The highest BCUT2D eigenvalue weighted by Crippen LogP contribution is 2.31. The monoisotopic (exact) mass is 281 g/mol. The van der Waals surface area contributed by atoms with E-state index in [4.69, 9.17) is 0 Å². The van der Waals surface area contributed by atoms with Gasteiger partial charge in [-0.2, -0.15) is 11.8 Å². The fourth-order valence-electron chi connectivity index (χ4n) is 2.33. The molecule has 0 aliphatic carbocycles. The number of hydrogen-bond donors (Lipinski definition) is 1. The summed E-state index contributed by atoms with van der Waals surface area (Å²) in [5.41, 5.74) is 0. The van der Waals surface area contributed by atoms with Crippen molar-refractivity contribution in [1.29, 1.82) is 0 Å². The summed E-state index contributed by atoms with van der Waals surface area (Å²) in [6.07, 6.45) is 2.45. The fourth-order valence-corrected chi connectivity index (χ4v) is 4.17. The summed E-state index contributed by atoms with van der Waals surface area (Å²) in [4.78, 5) is 12.1. The predicted molar refractivity (Wildman–Crippen MR) is 77.6 cm³/mol. The zero-order valence-electron chi connectivity index (χ0n) is 9.95. The molecule has 0 bridgehead atoms. The summed E-state index contributed by atoms with van der Waals surface area (Å²) in [6.45, 7) is 1.23. The summed E-state index contributed by atoms with van der Waals surface area (Å²) < 4.78 is 0. The lowest BCUT2D eigenvalue weighted by Gasteiger charge is -2.36. The predicted octanol–water partition coefficient (Wildman–Crippen LogP) is 2.00. The fraction of sp³-hybridized carbons (Fsp3) is 0.500. The molecule has 6 heteroatoms. The van der Waals surface area contributed by atoms with Gasteiger partial charge in [-0.15, -0.1) is 11.3 Å². The zero-order chi connectivity index (χ0) is 12.4. The Morgan fingerprint density at radius 3 is 3.28 bits per heavy atom. The van der Waals surface area contributed by atoms with E-state index in [9.17, 15) is 5.11 Å². The number of thioether (sulfide) groups is 1. The van der Waals surface area contributed by atoms with Crippen LogP contribution in [0.4, 0.5) is 5.82 Å². The number of hydrogen-bond acceptors (Lipinski definition) is 6. The van der Waals surface area contributed by atoms with Crippen molar-refractivity contribution >= 4 is 39.1 Å². The molecule has 0 amide bonds. The van der Waals surface area contributed by atoms with Gasteiger partial charge in [0.1, 0.15) is 17.0 Å². The number of fused-ring (bicyclic) bond motifs is 1. The number of anilines is 1. The van der Waals surface area contributed by atoms with Crippen molar-refractivity contribution in [1.82, 2.24) is 9.97 Å². The second kappa shape index (κ2) is 5.42. The van der Waals surface area contributed by atoms with E-state index in [0.717, 1.165) is 40.5 Å². The van der Waals surface area contributed by atoms with Crippen LogP contribution in [0.15, 0.2) is 17.8 Å². The van der Waals surface area contributed by atoms with Gasteiger partial charge in [-0.1, -0.05) is 0 Å². The normalized spacial score (nSPS) is 20.5. The summed E-state index contributed by atoms with van der Waals surface area (Å²) in [5, 5.41) is 12.4. The molecular formula is C12H15N3OS2. The van der Waals surface area contributed by atoms with Crippen molar-refractivity contribution in [2.45, 2.75) is 12.5 Å². The SMILES string of the molecule is OCC[C@@H]1CSCCN1c1ncnc2sccc12. The number of aromatic nitrogens is 2. The van der Waals surface area contributed by atoms with E-state index < -0.39 is 0 Å². The number of rotatable bonds is 3. The van der Waals surface area contributed by atoms with Gasteiger partial charge in [-0.25, -0.2) is 9.97 Å². The van der Waals surface area contributed by atoms with Crippen LogP contribution in [0.1, 0.15) is 6.42 Å². The highest BCUT2D eigenvalue weighted by atomic mass is 32.2. The highest BCUT2D eigenvalue weighted by Gasteiger charge is 2.25. The summed E-state index contributed by atoms with van der Waals surface area (Å²) in [6, 6.07) is 2.47. The second-order valence-corrected chi connectivity index (χ2v) is 6.32. The van der Waals surface area contributed by atoms with Crippen molar-refractivity contribution in [3.05, 3.63) is 17.8 Å². The van der Waals surface area contributed by atoms with Crippen molar-refractivity contribution in [3.63, 3.8) is 0 Å². The van der Waals surface area contributed by atoms with E-state index in [-0.39, 0.29) is 6.61 Å². The third-order valence-corrected chi connectivity index (χ3v) is 5.12. The Morgan fingerprint density at radius 1 is 1.44 bits per heavy atom. The van der Waals surface area contributed by atoms with E-state index in [1.165, 1.54) is 0 Å². The molecule has 0 aromatic carbocycles. The first-order valence-corrected chi connectivity index (χ1v) is 8.07. The number of aliphatic hydroxyl groups is 1. The summed E-state index contributed by atoms with van der Waals surface area (Å²) >= 11 is 3.60. The van der Waals surface area contributed by atoms with Crippen LogP contribution in [-0.2, 0) is 0 Å². The lowest BCUT2D eigenvalue weighted by molar-refractivity contribution is 0.276. The standard InChI is InChI=1S/C12H15N3OS2/c16-4-1-9-7-17-6-3-15(9)11-10-2-5-18-12(10)14-8-13-11/h2,5,8-9,16H,1,3-4,6-7H2/t9-/m1/s1. The second-order valence-electron chi connectivity index (χ2n) is 4.27. The van der Waals surface area contributed by atoms with Crippen LogP contribution >= 0.6 is 23.1 Å². The minimum atomic E-state index is 0.236. The Balaban J connectivity index is 1.98. The van der Waals surface area contributed by atoms with Crippen molar-refractivity contribution in [3.8, 4) is 0 Å². The van der Waals surface area contributed by atoms with Gasteiger partial charge >= 0.3 is 0 Å². The maximum absolute atomic E-state index is 9.19. The molecule has 2 aromatic rings. The molecule has 1 aliphatic heterocycles. The highest BCUT2D eigenvalue weighted by molar-refractivity contribution is 7.99. The minimum Gasteiger partial charge on any atom is -0.396 e. The Bertz CT molecular complexity index is 529. The van der Waals surface area contributed by atoms with Crippen LogP contribution in [0.5, 0.6) is 0 Å². The van der Waals surface area contributed by atoms with E-state index in [1.807, 2.05) is 11.8 Å². The first kappa shape index (κ1) is 12.2. The molecule has 1 saturated heterocycles. The van der Waals surface area contributed by atoms with Crippen LogP contribution in [-0.4, -0.2) is 45.8 Å². The lowest BCUT2D eigenvalue weighted by Crippen LogP contribution is -2.43. The lowest BCUT2D eigenvalue weighted by atomic mass is 10.2. The van der Waals surface area contributed by atoms with Gasteiger partial charge < -0.3 is 10.0 Å². The molecule has 4 nitrogen and oxygen atoms in total. The third-order valence-electron chi connectivity index (χ3n) is 3.20. The van der Waals surface area contributed by atoms with Crippen LogP contribution in [0.25, 0.3) is 10.2 Å². The van der Waals surface area contributed by atoms with Crippen molar-refractivity contribution < 1.29 is 5.11 Å². The van der Waals surface area contributed by atoms with Crippen LogP contribution in [0.3, 0.4) is 0 Å². The molecule has 1 aliphatic rings. The maximum Gasteiger partial charge on any atom is 0.141 e. The minimum absolute atomic E-state index is 0.236. The first-order chi connectivity index (χ1) is 8.90. The average molecular weight is 281 g/mol. The molecule has 0 unspecified atom stereocenters. The van der Waals surface area contributed by atoms with E-state index in [2.05, 4.69) is 26.3 Å². The Hall–Kier alpha value is -0.850. The molecule has 0 spiro atoms. The Morgan fingerprint density at radius 2 is 2.39 bits per heavy atom. The van der Waals surface area contributed by atoms with Gasteiger partial charge in [0, 0.05) is 30.7 Å². The Kier molecular flexibility index (Phi) is 3.67. The molecular weight excluding hydrogens is 266 g/mol. The van der Waals surface area contributed by atoms with Crippen LogP contribution in [0, 0.1) is 0 Å². The quantitative estimate of drug-likeness (QED) is 0.932. The summed E-state index contributed by atoms with van der Waals surface area (Å²) in [7, 11) is 0. The molecule has 96 valence electrons. The third kappa shape index (κ3) is 2.20. The first-order valence-electron chi connectivity index (χ1n) is 6.03. The number of nitrogens with zero attached hydrogens (tertiary/aromatic N) is 3. The molecule has 1 N–H and O–H groups in total. The van der Waals surface area contributed by atoms with Gasteiger partial charge in [0.05, 0.1) is 5.39 Å². The smallest absolute Gasteiger partial charge is 0.141 e. The molecule has 1 fully saturated rings. The van der Waals surface area contributed by atoms with Crippen molar-refractivity contribution in [2.75, 3.05) is 29.6 Å². The van der Waals surface area contributed by atoms with E-state index >= 15 is 0 Å². The average Bonchev–Trinajstić information content (AvgIpc) is 2.88. The van der Waals surface area contributed by atoms with Crippen molar-refractivity contribution in [2.24, 2.45) is 0 Å².